The van der Waals surface area contributed by atoms with Gasteiger partial charge in [0.15, 0.2) is 5.78 Å². The number of carbonyl (C=O) groups excluding carboxylic acids is 1. The number of Topliss-reactive ketones (excluding diaryl/α,β-unsaturated/α-hetero) is 1. The zero-order valence-electron chi connectivity index (χ0n) is 7.42. The van der Waals surface area contributed by atoms with Crippen molar-refractivity contribution in [2.24, 2.45) is 0 Å². The molecule has 0 aliphatic rings. The van der Waals surface area contributed by atoms with E-state index in [1.54, 1.807) is 36.0 Å². The molecule has 3 heteroatoms. The van der Waals surface area contributed by atoms with Crippen LogP contribution in [0.5, 0.6) is 0 Å². The van der Waals surface area contributed by atoms with Crippen LogP contribution in [-0.4, -0.2) is 17.8 Å². The van der Waals surface area contributed by atoms with Crippen LogP contribution in [-0.2, 0) is 0 Å². The highest BCUT2D eigenvalue weighted by Gasteiger charge is 2.04. The van der Waals surface area contributed by atoms with Gasteiger partial charge >= 0.3 is 0 Å². The Bertz CT molecular complexity index is 299. The first-order chi connectivity index (χ1) is 6.24. The summed E-state index contributed by atoms with van der Waals surface area (Å²) in [6, 6.07) is 7.08. The van der Waals surface area contributed by atoms with Gasteiger partial charge in [-0.25, -0.2) is 0 Å². The molecule has 0 saturated carbocycles. The van der Waals surface area contributed by atoms with Gasteiger partial charge in [-0.05, 0) is 18.4 Å². The number of carbonyl (C=O) groups is 1. The molecule has 0 aliphatic carbocycles. The summed E-state index contributed by atoms with van der Waals surface area (Å²) in [5.74, 6) is 1.03. The number of ketones is 1. The van der Waals surface area contributed by atoms with E-state index in [-0.39, 0.29) is 5.78 Å². The van der Waals surface area contributed by atoms with Gasteiger partial charge in [-0.1, -0.05) is 23.7 Å². The lowest BCUT2D eigenvalue weighted by Gasteiger charge is -1.99. The Morgan fingerprint density at radius 2 is 2.31 bits per heavy atom. The standard InChI is InChI=1S/C10H11ClOS/c1-13-6-5-10(12)8-3-2-4-9(11)7-8/h2-4,7H,5-6H2,1H3. The van der Waals surface area contributed by atoms with Crippen LogP contribution in [0, 0.1) is 0 Å². The first-order valence-electron chi connectivity index (χ1n) is 4.01. The third-order valence-electron chi connectivity index (χ3n) is 1.68. The van der Waals surface area contributed by atoms with E-state index in [0.717, 1.165) is 5.75 Å². The third-order valence-corrected chi connectivity index (χ3v) is 2.53. The molecule has 0 aromatic heterocycles. The van der Waals surface area contributed by atoms with E-state index in [9.17, 15) is 4.79 Å². The maximum Gasteiger partial charge on any atom is 0.163 e. The van der Waals surface area contributed by atoms with Crippen molar-refractivity contribution in [2.45, 2.75) is 6.42 Å². The first kappa shape index (κ1) is 10.6. The fourth-order valence-electron chi connectivity index (χ4n) is 1.00. The summed E-state index contributed by atoms with van der Waals surface area (Å²) in [4.78, 5) is 11.5. The minimum atomic E-state index is 0.164. The lowest BCUT2D eigenvalue weighted by molar-refractivity contribution is 0.0989. The Labute approximate surface area is 87.5 Å². The van der Waals surface area contributed by atoms with E-state index >= 15 is 0 Å². The molecule has 0 fully saturated rings. The molecular formula is C10H11ClOS. The van der Waals surface area contributed by atoms with Crippen LogP contribution in [0.15, 0.2) is 24.3 Å². The number of benzene rings is 1. The second-order valence-electron chi connectivity index (χ2n) is 2.68. The summed E-state index contributed by atoms with van der Waals surface area (Å²) in [6.45, 7) is 0. The molecular weight excluding hydrogens is 204 g/mol. The molecule has 1 aromatic rings. The number of hydrogen-bond donors (Lipinski definition) is 0. The van der Waals surface area contributed by atoms with Crippen molar-refractivity contribution in [2.75, 3.05) is 12.0 Å². The van der Waals surface area contributed by atoms with Crippen molar-refractivity contribution < 1.29 is 4.79 Å². The SMILES string of the molecule is CSCCC(=O)c1cccc(Cl)c1. The summed E-state index contributed by atoms with van der Waals surface area (Å²) in [6.07, 6.45) is 2.58. The van der Waals surface area contributed by atoms with Crippen LogP contribution in [0.25, 0.3) is 0 Å². The predicted octanol–water partition coefficient (Wildman–Crippen LogP) is 3.28. The monoisotopic (exact) mass is 214 g/mol. The smallest absolute Gasteiger partial charge is 0.163 e. The zero-order chi connectivity index (χ0) is 9.68. The zero-order valence-corrected chi connectivity index (χ0v) is 8.99. The lowest BCUT2D eigenvalue weighted by atomic mass is 10.1. The van der Waals surface area contributed by atoms with Crippen LogP contribution >= 0.6 is 23.4 Å². The quantitative estimate of drug-likeness (QED) is 0.716. The van der Waals surface area contributed by atoms with Crippen LogP contribution in [0.4, 0.5) is 0 Å². The van der Waals surface area contributed by atoms with E-state index in [1.807, 2.05) is 6.26 Å². The first-order valence-corrected chi connectivity index (χ1v) is 5.79. The molecule has 13 heavy (non-hydrogen) atoms. The summed E-state index contributed by atoms with van der Waals surface area (Å²) < 4.78 is 0. The normalized spacial score (nSPS) is 10.0. The van der Waals surface area contributed by atoms with Crippen molar-refractivity contribution in [1.29, 1.82) is 0 Å². The molecule has 0 aliphatic heterocycles. The fourth-order valence-corrected chi connectivity index (χ4v) is 1.58. The molecule has 0 radical (unpaired) electrons. The second-order valence-corrected chi connectivity index (χ2v) is 4.10. The highest BCUT2D eigenvalue weighted by atomic mass is 35.5. The Morgan fingerprint density at radius 3 is 2.92 bits per heavy atom. The van der Waals surface area contributed by atoms with E-state index in [1.165, 1.54) is 0 Å². The second kappa shape index (κ2) is 5.30. The molecule has 0 unspecified atom stereocenters. The topological polar surface area (TPSA) is 17.1 Å². The Kier molecular flexibility index (Phi) is 4.33. The largest absolute Gasteiger partial charge is 0.294 e. The molecule has 0 N–H and O–H groups in total. The minimum absolute atomic E-state index is 0.164. The predicted molar refractivity (Wildman–Crippen MR) is 58.8 cm³/mol. The third kappa shape index (κ3) is 3.41. The van der Waals surface area contributed by atoms with Gasteiger partial charge in [-0.2, -0.15) is 11.8 Å². The van der Waals surface area contributed by atoms with Gasteiger partial charge in [0.05, 0.1) is 0 Å². The fraction of sp³-hybridized carbons (Fsp3) is 0.300. The lowest BCUT2D eigenvalue weighted by Crippen LogP contribution is -1.99. The van der Waals surface area contributed by atoms with Gasteiger partial charge in [-0.3, -0.25) is 4.79 Å². The van der Waals surface area contributed by atoms with Crippen LogP contribution in [0.3, 0.4) is 0 Å². The molecule has 1 rings (SSSR count). The van der Waals surface area contributed by atoms with E-state index < -0.39 is 0 Å². The summed E-state index contributed by atoms with van der Waals surface area (Å²) >= 11 is 7.44. The summed E-state index contributed by atoms with van der Waals surface area (Å²) in [7, 11) is 0. The molecule has 70 valence electrons. The van der Waals surface area contributed by atoms with Crippen LogP contribution in [0.2, 0.25) is 5.02 Å². The molecule has 0 saturated heterocycles. The van der Waals surface area contributed by atoms with Crippen molar-refractivity contribution in [3.63, 3.8) is 0 Å². The molecule has 1 aromatic carbocycles. The van der Waals surface area contributed by atoms with Gasteiger partial charge in [0.25, 0.3) is 0 Å². The van der Waals surface area contributed by atoms with Crippen molar-refractivity contribution in [3.05, 3.63) is 34.9 Å². The van der Waals surface area contributed by atoms with Gasteiger partial charge in [0.1, 0.15) is 0 Å². The maximum absolute atomic E-state index is 11.5. The van der Waals surface area contributed by atoms with Crippen LogP contribution in [0.1, 0.15) is 16.8 Å². The molecule has 1 nitrogen and oxygen atoms in total. The highest BCUT2D eigenvalue weighted by molar-refractivity contribution is 7.98. The van der Waals surface area contributed by atoms with Gasteiger partial charge in [-0.15, -0.1) is 0 Å². The molecule has 0 amide bonds. The van der Waals surface area contributed by atoms with Gasteiger partial charge in [0, 0.05) is 22.8 Å². The highest BCUT2D eigenvalue weighted by Crippen LogP contribution is 2.13. The maximum atomic E-state index is 11.5. The van der Waals surface area contributed by atoms with Gasteiger partial charge < -0.3 is 0 Å². The van der Waals surface area contributed by atoms with Crippen LogP contribution < -0.4 is 0 Å². The summed E-state index contributed by atoms with van der Waals surface area (Å²) in [5, 5.41) is 0.620. The number of hydrogen-bond acceptors (Lipinski definition) is 2. The number of halogens is 1. The Balaban J connectivity index is 2.66. The average Bonchev–Trinajstić information content (AvgIpc) is 2.14. The summed E-state index contributed by atoms with van der Waals surface area (Å²) in [5.41, 5.74) is 0.710. The van der Waals surface area contributed by atoms with E-state index in [0.29, 0.717) is 17.0 Å². The minimum Gasteiger partial charge on any atom is -0.294 e. The molecule has 0 bridgehead atoms. The van der Waals surface area contributed by atoms with Gasteiger partial charge in [0.2, 0.25) is 0 Å². The molecule has 0 atom stereocenters. The Morgan fingerprint density at radius 1 is 1.54 bits per heavy atom. The van der Waals surface area contributed by atoms with Crippen molar-refractivity contribution >= 4 is 29.1 Å². The van der Waals surface area contributed by atoms with Crippen molar-refractivity contribution in [3.8, 4) is 0 Å². The van der Waals surface area contributed by atoms with E-state index in [4.69, 9.17) is 11.6 Å². The Hall–Kier alpha value is -0.470. The molecule has 0 spiro atoms. The molecule has 0 heterocycles. The number of rotatable bonds is 4. The van der Waals surface area contributed by atoms with E-state index in [2.05, 4.69) is 0 Å². The van der Waals surface area contributed by atoms with Crippen molar-refractivity contribution in [1.82, 2.24) is 0 Å². The average molecular weight is 215 g/mol. The number of thioether (sulfide) groups is 1.